The average molecular weight is 659 g/mol. The molecule has 0 fully saturated rings. The summed E-state index contributed by atoms with van der Waals surface area (Å²) in [6.07, 6.45) is 0.182. The van der Waals surface area contributed by atoms with Gasteiger partial charge in [0.2, 0.25) is 11.8 Å². The zero-order valence-corrected chi connectivity index (χ0v) is 26.4. The number of likely N-dealkylation sites (N-methyl/N-ethyl adjacent to an activating group) is 1. The lowest BCUT2D eigenvalue weighted by Crippen LogP contribution is -2.53. The SMILES string of the molecule is CCNC(=O)[C@@H](Cc1ccccc1)N(Cc1ccc(Cl)cc1Cl)C(=O)CN(c1ccccc1Cl)S(=O)(=O)c1ccccc1. The molecule has 0 bridgehead atoms. The molecular weight excluding hydrogens is 629 g/mol. The zero-order chi connectivity index (χ0) is 31.0. The van der Waals surface area contributed by atoms with E-state index in [2.05, 4.69) is 5.32 Å². The molecule has 0 saturated carbocycles. The van der Waals surface area contributed by atoms with Crippen molar-refractivity contribution in [3.05, 3.63) is 129 Å². The molecule has 43 heavy (non-hydrogen) atoms. The lowest BCUT2D eigenvalue weighted by atomic mass is 10.0. The van der Waals surface area contributed by atoms with Crippen LogP contribution >= 0.6 is 34.8 Å². The van der Waals surface area contributed by atoms with Crippen molar-refractivity contribution in [2.75, 3.05) is 17.4 Å². The van der Waals surface area contributed by atoms with Gasteiger partial charge in [0, 0.05) is 29.6 Å². The monoisotopic (exact) mass is 657 g/mol. The average Bonchev–Trinajstić information content (AvgIpc) is 3.00. The third-order valence-electron chi connectivity index (χ3n) is 6.71. The molecule has 4 aromatic rings. The Morgan fingerprint density at radius 2 is 1.44 bits per heavy atom. The summed E-state index contributed by atoms with van der Waals surface area (Å²) in [5, 5.41) is 3.68. The molecule has 0 heterocycles. The number of halogens is 3. The van der Waals surface area contributed by atoms with Crippen LogP contribution in [0.1, 0.15) is 18.1 Å². The summed E-state index contributed by atoms with van der Waals surface area (Å²) in [5.74, 6) is -1.02. The zero-order valence-electron chi connectivity index (χ0n) is 23.3. The van der Waals surface area contributed by atoms with Crippen LogP contribution < -0.4 is 9.62 Å². The van der Waals surface area contributed by atoms with Gasteiger partial charge in [-0.3, -0.25) is 13.9 Å². The highest BCUT2D eigenvalue weighted by Gasteiger charge is 2.35. The van der Waals surface area contributed by atoms with Crippen LogP contribution in [0.2, 0.25) is 15.1 Å². The highest BCUT2D eigenvalue weighted by atomic mass is 35.5. The number of amides is 2. The van der Waals surface area contributed by atoms with Gasteiger partial charge in [0.15, 0.2) is 0 Å². The number of nitrogens with zero attached hydrogens (tertiary/aromatic N) is 2. The summed E-state index contributed by atoms with van der Waals surface area (Å²) in [5.41, 5.74) is 1.49. The maximum absolute atomic E-state index is 14.4. The van der Waals surface area contributed by atoms with Crippen molar-refractivity contribution < 1.29 is 18.0 Å². The molecule has 7 nitrogen and oxygen atoms in total. The van der Waals surface area contributed by atoms with Crippen LogP contribution in [-0.2, 0) is 32.6 Å². The molecule has 0 aliphatic carbocycles. The normalized spacial score (nSPS) is 11.9. The summed E-state index contributed by atoms with van der Waals surface area (Å²) < 4.78 is 28.9. The molecule has 0 spiro atoms. The fourth-order valence-electron chi connectivity index (χ4n) is 4.57. The van der Waals surface area contributed by atoms with Crippen molar-refractivity contribution in [1.82, 2.24) is 10.2 Å². The minimum Gasteiger partial charge on any atom is -0.355 e. The van der Waals surface area contributed by atoms with E-state index in [1.54, 1.807) is 61.5 Å². The van der Waals surface area contributed by atoms with Gasteiger partial charge in [-0.1, -0.05) is 102 Å². The van der Waals surface area contributed by atoms with E-state index in [-0.39, 0.29) is 34.5 Å². The highest BCUT2D eigenvalue weighted by molar-refractivity contribution is 7.92. The van der Waals surface area contributed by atoms with Crippen LogP contribution in [0.25, 0.3) is 0 Å². The molecule has 0 saturated heterocycles. The molecule has 0 radical (unpaired) electrons. The summed E-state index contributed by atoms with van der Waals surface area (Å²) in [6.45, 7) is 1.41. The van der Waals surface area contributed by atoms with Crippen molar-refractivity contribution in [3.63, 3.8) is 0 Å². The molecule has 0 unspecified atom stereocenters. The number of rotatable bonds is 12. The molecule has 11 heteroatoms. The minimum absolute atomic E-state index is 0.0143. The maximum atomic E-state index is 14.4. The number of hydrogen-bond donors (Lipinski definition) is 1. The maximum Gasteiger partial charge on any atom is 0.264 e. The first kappa shape index (κ1) is 32.4. The second kappa shape index (κ2) is 14.8. The Morgan fingerprint density at radius 1 is 0.814 bits per heavy atom. The van der Waals surface area contributed by atoms with Gasteiger partial charge in [-0.05, 0) is 54.4 Å². The summed E-state index contributed by atoms with van der Waals surface area (Å²) in [6, 6.07) is 27.3. The second-order valence-corrected chi connectivity index (χ2v) is 12.7. The van der Waals surface area contributed by atoms with E-state index in [4.69, 9.17) is 34.8 Å². The number of nitrogens with one attached hydrogen (secondary N) is 1. The Balaban J connectivity index is 1.82. The summed E-state index contributed by atoms with van der Waals surface area (Å²) >= 11 is 19.1. The molecular formula is C32H30Cl3N3O4S. The van der Waals surface area contributed by atoms with Gasteiger partial charge >= 0.3 is 0 Å². The Bertz CT molecular complexity index is 1670. The van der Waals surface area contributed by atoms with Crippen molar-refractivity contribution in [2.24, 2.45) is 0 Å². The van der Waals surface area contributed by atoms with Crippen LogP contribution in [0.15, 0.2) is 108 Å². The molecule has 0 aliphatic heterocycles. The number of para-hydroxylation sites is 1. The van der Waals surface area contributed by atoms with Crippen LogP contribution in [0.5, 0.6) is 0 Å². The number of carbonyl (C=O) groups is 2. The van der Waals surface area contributed by atoms with E-state index in [1.165, 1.54) is 23.1 Å². The van der Waals surface area contributed by atoms with Crippen molar-refractivity contribution in [2.45, 2.75) is 30.8 Å². The topological polar surface area (TPSA) is 86.8 Å². The van der Waals surface area contributed by atoms with Crippen LogP contribution in [-0.4, -0.2) is 44.3 Å². The molecule has 0 aromatic heterocycles. The van der Waals surface area contributed by atoms with Crippen molar-refractivity contribution in [3.8, 4) is 0 Å². The first-order valence-corrected chi connectivity index (χ1v) is 16.1. The number of anilines is 1. The lowest BCUT2D eigenvalue weighted by molar-refractivity contribution is -0.140. The van der Waals surface area contributed by atoms with E-state index >= 15 is 0 Å². The van der Waals surface area contributed by atoms with E-state index in [1.807, 2.05) is 30.3 Å². The fraction of sp³-hybridized carbons (Fsp3) is 0.188. The van der Waals surface area contributed by atoms with E-state index in [0.717, 1.165) is 9.87 Å². The van der Waals surface area contributed by atoms with Crippen LogP contribution in [0.3, 0.4) is 0 Å². The Hall–Kier alpha value is -3.56. The Morgan fingerprint density at radius 3 is 2.07 bits per heavy atom. The second-order valence-electron chi connectivity index (χ2n) is 9.63. The molecule has 1 atom stereocenters. The predicted octanol–water partition coefficient (Wildman–Crippen LogP) is 6.62. The van der Waals surface area contributed by atoms with E-state index in [9.17, 15) is 18.0 Å². The van der Waals surface area contributed by atoms with Crippen LogP contribution in [0.4, 0.5) is 5.69 Å². The molecule has 4 rings (SSSR count). The standard InChI is InChI=1S/C32H30Cl3N3O4S/c1-2-36-32(40)30(19-23-11-5-3-6-12-23)37(21-24-17-18-25(33)20-28(24)35)31(39)22-38(29-16-10-9-15-27(29)34)43(41,42)26-13-7-4-8-14-26/h3-18,20,30H,2,19,21-22H2,1H3,(H,36,40)/t30-/m1/s1. The van der Waals surface area contributed by atoms with Gasteiger partial charge in [0.1, 0.15) is 12.6 Å². The Labute approximate surface area is 267 Å². The number of hydrogen-bond acceptors (Lipinski definition) is 4. The highest BCUT2D eigenvalue weighted by Crippen LogP contribution is 2.31. The quantitative estimate of drug-likeness (QED) is 0.185. The van der Waals surface area contributed by atoms with Crippen LogP contribution in [0, 0.1) is 0 Å². The fourth-order valence-corrected chi connectivity index (χ4v) is 6.78. The smallest absolute Gasteiger partial charge is 0.264 e. The van der Waals surface area contributed by atoms with Gasteiger partial charge in [-0.15, -0.1) is 0 Å². The predicted molar refractivity (Wildman–Crippen MR) is 172 cm³/mol. The van der Waals surface area contributed by atoms with Crippen molar-refractivity contribution in [1.29, 1.82) is 0 Å². The minimum atomic E-state index is -4.25. The third kappa shape index (κ3) is 8.09. The number of carbonyl (C=O) groups excluding carboxylic acids is 2. The largest absolute Gasteiger partial charge is 0.355 e. The van der Waals surface area contributed by atoms with E-state index in [0.29, 0.717) is 22.2 Å². The molecule has 224 valence electrons. The Kier molecular flexibility index (Phi) is 11.1. The summed E-state index contributed by atoms with van der Waals surface area (Å²) in [4.78, 5) is 29.3. The van der Waals surface area contributed by atoms with Gasteiger partial charge in [-0.2, -0.15) is 0 Å². The lowest BCUT2D eigenvalue weighted by Gasteiger charge is -2.34. The molecule has 1 N–H and O–H groups in total. The number of sulfonamides is 1. The summed E-state index contributed by atoms with van der Waals surface area (Å²) in [7, 11) is -4.25. The van der Waals surface area contributed by atoms with Gasteiger partial charge < -0.3 is 10.2 Å². The first-order chi connectivity index (χ1) is 20.6. The van der Waals surface area contributed by atoms with E-state index < -0.39 is 28.5 Å². The third-order valence-corrected chi connectivity index (χ3v) is 9.39. The first-order valence-electron chi connectivity index (χ1n) is 13.5. The number of benzene rings is 4. The van der Waals surface area contributed by atoms with Gasteiger partial charge in [0.25, 0.3) is 10.0 Å². The molecule has 0 aliphatic rings. The van der Waals surface area contributed by atoms with Gasteiger partial charge in [-0.25, -0.2) is 8.42 Å². The van der Waals surface area contributed by atoms with Crippen molar-refractivity contribution >= 4 is 62.3 Å². The molecule has 2 amide bonds. The van der Waals surface area contributed by atoms with Gasteiger partial charge in [0.05, 0.1) is 15.6 Å². The molecule has 4 aromatic carbocycles.